The fraction of sp³-hybridized carbons (Fsp3) is 0.611. The van der Waals surface area contributed by atoms with Crippen LogP contribution in [0.3, 0.4) is 0 Å². The maximum atomic E-state index is 13.1. The van der Waals surface area contributed by atoms with Gasteiger partial charge in [0.2, 0.25) is 5.88 Å². The summed E-state index contributed by atoms with van der Waals surface area (Å²) in [4.78, 5) is 27.2. The third-order valence-corrected chi connectivity index (χ3v) is 7.00. The molecule has 1 amide bonds. The first-order chi connectivity index (χ1) is 13.7. The van der Waals surface area contributed by atoms with Crippen molar-refractivity contribution in [2.75, 3.05) is 59.0 Å². The zero-order valence-electron chi connectivity index (χ0n) is 17.1. The van der Waals surface area contributed by atoms with E-state index < -0.39 is 9.84 Å². The molecule has 0 aromatic carbocycles. The standard InChI is InChI=1S/C18H26N4O5S2/c1-12-14-16(27-3)19-13(11-26-2)20-17(14)28-15(12)18(23)22-7-5-21(6-8-22)9-10-29(4,24)25/h5-11H2,1-4H3. The van der Waals surface area contributed by atoms with Crippen molar-refractivity contribution in [3.63, 3.8) is 0 Å². The number of hydrogen-bond acceptors (Lipinski definition) is 9. The van der Waals surface area contributed by atoms with Crippen LogP contribution in [-0.2, 0) is 21.2 Å². The summed E-state index contributed by atoms with van der Waals surface area (Å²) in [5.74, 6) is 1.05. The molecule has 160 valence electrons. The number of amides is 1. The number of carbonyl (C=O) groups is 1. The number of fused-ring (bicyclic) bond motifs is 1. The molecule has 0 unspecified atom stereocenters. The van der Waals surface area contributed by atoms with Crippen LogP contribution in [0.1, 0.15) is 21.1 Å². The van der Waals surface area contributed by atoms with Gasteiger partial charge in [0.1, 0.15) is 21.3 Å². The lowest BCUT2D eigenvalue weighted by Gasteiger charge is -2.34. The molecular weight excluding hydrogens is 416 g/mol. The van der Waals surface area contributed by atoms with Crippen LogP contribution in [0, 0.1) is 6.92 Å². The summed E-state index contributed by atoms with van der Waals surface area (Å²) < 4.78 is 33.2. The molecule has 0 N–H and O–H groups in total. The second kappa shape index (κ2) is 8.90. The van der Waals surface area contributed by atoms with Crippen molar-refractivity contribution in [2.45, 2.75) is 13.5 Å². The summed E-state index contributed by atoms with van der Waals surface area (Å²) in [6, 6.07) is 0. The molecule has 1 aliphatic heterocycles. The van der Waals surface area contributed by atoms with Gasteiger partial charge in [0.15, 0.2) is 5.82 Å². The number of carbonyl (C=O) groups excluding carboxylic acids is 1. The first-order valence-electron chi connectivity index (χ1n) is 9.25. The Morgan fingerprint density at radius 3 is 2.45 bits per heavy atom. The lowest BCUT2D eigenvalue weighted by Crippen LogP contribution is -2.49. The predicted molar refractivity (Wildman–Crippen MR) is 111 cm³/mol. The highest BCUT2D eigenvalue weighted by molar-refractivity contribution is 7.90. The van der Waals surface area contributed by atoms with Crippen molar-refractivity contribution in [3.8, 4) is 5.88 Å². The van der Waals surface area contributed by atoms with Gasteiger partial charge in [-0.3, -0.25) is 9.69 Å². The predicted octanol–water partition coefficient (Wildman–Crippen LogP) is 0.957. The van der Waals surface area contributed by atoms with Gasteiger partial charge < -0.3 is 14.4 Å². The minimum Gasteiger partial charge on any atom is -0.480 e. The van der Waals surface area contributed by atoms with Crippen LogP contribution in [0.4, 0.5) is 0 Å². The van der Waals surface area contributed by atoms with E-state index in [1.54, 1.807) is 14.2 Å². The molecule has 0 spiro atoms. The average molecular weight is 443 g/mol. The summed E-state index contributed by atoms with van der Waals surface area (Å²) in [6.07, 6.45) is 1.24. The number of ether oxygens (including phenoxy) is 2. The summed E-state index contributed by atoms with van der Waals surface area (Å²) in [5, 5.41) is 0.757. The monoisotopic (exact) mass is 442 g/mol. The molecule has 2 aromatic rings. The number of methoxy groups -OCH3 is 2. The van der Waals surface area contributed by atoms with Gasteiger partial charge in [0.05, 0.1) is 23.1 Å². The highest BCUT2D eigenvalue weighted by Crippen LogP contribution is 2.35. The molecule has 9 nitrogen and oxygen atoms in total. The van der Waals surface area contributed by atoms with E-state index in [0.29, 0.717) is 54.1 Å². The van der Waals surface area contributed by atoms with Crippen molar-refractivity contribution < 1.29 is 22.7 Å². The van der Waals surface area contributed by atoms with Crippen LogP contribution in [-0.4, -0.2) is 93.0 Å². The zero-order chi connectivity index (χ0) is 21.2. The first kappa shape index (κ1) is 21.9. The van der Waals surface area contributed by atoms with Crippen LogP contribution in [0.5, 0.6) is 5.88 Å². The molecule has 1 saturated heterocycles. The summed E-state index contributed by atoms with van der Waals surface area (Å²) in [6.45, 7) is 5.09. The second-order valence-electron chi connectivity index (χ2n) is 7.08. The quantitative estimate of drug-likeness (QED) is 0.625. The SMILES string of the molecule is COCc1nc(OC)c2c(C)c(C(=O)N3CCN(CCS(C)(=O)=O)CC3)sc2n1. The Morgan fingerprint density at radius 2 is 1.86 bits per heavy atom. The maximum Gasteiger partial charge on any atom is 0.264 e. The Morgan fingerprint density at radius 1 is 1.17 bits per heavy atom. The van der Waals surface area contributed by atoms with Crippen molar-refractivity contribution in [1.29, 1.82) is 0 Å². The molecule has 0 radical (unpaired) electrons. The van der Waals surface area contributed by atoms with Gasteiger partial charge in [-0.05, 0) is 12.5 Å². The van der Waals surface area contributed by atoms with E-state index in [1.165, 1.54) is 17.6 Å². The average Bonchev–Trinajstić information content (AvgIpc) is 3.02. The minimum atomic E-state index is -2.99. The normalized spacial score (nSPS) is 15.8. The van der Waals surface area contributed by atoms with Crippen molar-refractivity contribution in [1.82, 2.24) is 19.8 Å². The van der Waals surface area contributed by atoms with Gasteiger partial charge in [0, 0.05) is 46.1 Å². The minimum absolute atomic E-state index is 0.0383. The van der Waals surface area contributed by atoms with Gasteiger partial charge in [-0.2, -0.15) is 4.98 Å². The largest absolute Gasteiger partial charge is 0.480 e. The van der Waals surface area contributed by atoms with Gasteiger partial charge in [0.25, 0.3) is 5.91 Å². The highest BCUT2D eigenvalue weighted by Gasteiger charge is 2.27. The molecule has 11 heteroatoms. The van der Waals surface area contributed by atoms with Gasteiger partial charge in [-0.1, -0.05) is 0 Å². The third kappa shape index (κ3) is 5.03. The second-order valence-corrected chi connectivity index (χ2v) is 10.3. The Balaban J connectivity index is 1.77. The molecule has 0 saturated carbocycles. The molecule has 3 heterocycles. The zero-order valence-corrected chi connectivity index (χ0v) is 18.7. The van der Waals surface area contributed by atoms with Crippen LogP contribution in [0.15, 0.2) is 0 Å². The Bertz CT molecular complexity index is 997. The molecule has 1 fully saturated rings. The lowest BCUT2D eigenvalue weighted by atomic mass is 10.2. The molecule has 3 rings (SSSR count). The fourth-order valence-corrected chi connectivity index (χ4v) is 5.05. The third-order valence-electron chi connectivity index (χ3n) is 4.90. The lowest BCUT2D eigenvalue weighted by molar-refractivity contribution is 0.0648. The number of thiophene rings is 1. The van der Waals surface area contributed by atoms with Crippen LogP contribution in [0.25, 0.3) is 10.2 Å². The van der Waals surface area contributed by atoms with E-state index in [-0.39, 0.29) is 18.3 Å². The van der Waals surface area contributed by atoms with Crippen LogP contribution < -0.4 is 4.74 Å². The van der Waals surface area contributed by atoms with Gasteiger partial charge >= 0.3 is 0 Å². The van der Waals surface area contributed by atoms with Gasteiger partial charge in [-0.15, -0.1) is 11.3 Å². The van der Waals surface area contributed by atoms with E-state index in [0.717, 1.165) is 10.9 Å². The number of nitrogens with zero attached hydrogens (tertiary/aromatic N) is 4. The molecule has 0 atom stereocenters. The molecule has 2 aromatic heterocycles. The molecule has 1 aliphatic rings. The number of aryl methyl sites for hydroxylation is 1. The number of rotatable bonds is 7. The fourth-order valence-electron chi connectivity index (χ4n) is 3.30. The van der Waals surface area contributed by atoms with E-state index in [9.17, 15) is 13.2 Å². The van der Waals surface area contributed by atoms with E-state index in [2.05, 4.69) is 14.9 Å². The van der Waals surface area contributed by atoms with Crippen LogP contribution >= 0.6 is 11.3 Å². The van der Waals surface area contributed by atoms with Crippen LogP contribution in [0.2, 0.25) is 0 Å². The number of aromatic nitrogens is 2. The summed E-state index contributed by atoms with van der Waals surface area (Å²) in [7, 11) is 0.137. The van der Waals surface area contributed by atoms with Crippen molar-refractivity contribution in [3.05, 3.63) is 16.3 Å². The first-order valence-corrected chi connectivity index (χ1v) is 12.1. The smallest absolute Gasteiger partial charge is 0.264 e. The van der Waals surface area contributed by atoms with E-state index in [1.807, 2.05) is 11.8 Å². The van der Waals surface area contributed by atoms with Crippen molar-refractivity contribution in [2.24, 2.45) is 0 Å². The number of hydrogen-bond donors (Lipinski definition) is 0. The Hall–Kier alpha value is -1.82. The summed E-state index contributed by atoms with van der Waals surface area (Å²) >= 11 is 1.34. The summed E-state index contributed by atoms with van der Waals surface area (Å²) in [5.41, 5.74) is 0.815. The molecule has 29 heavy (non-hydrogen) atoms. The van der Waals surface area contributed by atoms with E-state index >= 15 is 0 Å². The topological polar surface area (TPSA) is 102 Å². The van der Waals surface area contributed by atoms with Gasteiger partial charge in [-0.25, -0.2) is 13.4 Å². The Kier molecular flexibility index (Phi) is 6.72. The van der Waals surface area contributed by atoms with Crippen molar-refractivity contribution >= 4 is 37.3 Å². The Labute approximate surface area is 174 Å². The molecule has 0 bridgehead atoms. The number of piperazine rings is 1. The molecule has 0 aliphatic carbocycles. The highest BCUT2D eigenvalue weighted by atomic mass is 32.2. The molecular formula is C18H26N4O5S2. The maximum absolute atomic E-state index is 13.1. The number of sulfone groups is 1. The van der Waals surface area contributed by atoms with E-state index in [4.69, 9.17) is 9.47 Å².